The molecule has 3 N–H and O–H groups in total. The summed E-state index contributed by atoms with van der Waals surface area (Å²) in [5, 5.41) is 0. The molecule has 1 heterocycles. The molecule has 0 radical (unpaired) electrons. The van der Waals surface area contributed by atoms with E-state index in [0.717, 1.165) is 11.6 Å². The zero-order valence-electron chi connectivity index (χ0n) is 13.1. The molecule has 0 amide bonds. The van der Waals surface area contributed by atoms with Crippen LogP contribution in [0.5, 0.6) is 0 Å². The fourth-order valence-corrected chi connectivity index (χ4v) is 2.68. The lowest BCUT2D eigenvalue weighted by molar-refractivity contribution is 0.425. The molecule has 0 aliphatic heterocycles. The third-order valence-electron chi connectivity index (χ3n) is 4.02. The number of nitrogens with zero attached hydrogens (tertiary/aromatic N) is 3. The van der Waals surface area contributed by atoms with Gasteiger partial charge in [-0.25, -0.2) is 15.8 Å². The molecule has 0 saturated heterocycles. The van der Waals surface area contributed by atoms with Gasteiger partial charge in [-0.3, -0.25) is 0 Å². The van der Waals surface area contributed by atoms with E-state index in [4.69, 9.17) is 10.8 Å². The largest absolute Gasteiger partial charge is 0.357 e. The van der Waals surface area contributed by atoms with Crippen molar-refractivity contribution in [1.29, 1.82) is 0 Å². The predicted molar refractivity (Wildman–Crippen MR) is 83.8 cm³/mol. The van der Waals surface area contributed by atoms with Crippen molar-refractivity contribution in [2.24, 2.45) is 5.84 Å². The molecule has 0 unspecified atom stereocenters. The Morgan fingerprint density at radius 1 is 1.20 bits per heavy atom. The third-order valence-corrected chi connectivity index (χ3v) is 4.02. The van der Waals surface area contributed by atoms with E-state index in [2.05, 4.69) is 43.1 Å². The van der Waals surface area contributed by atoms with Gasteiger partial charge in [0.05, 0.1) is 0 Å². The van der Waals surface area contributed by atoms with Crippen molar-refractivity contribution in [3.05, 3.63) is 11.9 Å². The maximum Gasteiger partial charge on any atom is 0.145 e. The monoisotopic (exact) mass is 277 g/mol. The number of nitrogen functional groups attached to an aromatic ring is 1. The summed E-state index contributed by atoms with van der Waals surface area (Å²) in [7, 11) is 2.13. The first-order chi connectivity index (χ1) is 9.41. The molecule has 0 spiro atoms. The lowest BCUT2D eigenvalue weighted by Crippen LogP contribution is -2.34. The Bertz CT molecular complexity index is 446. The lowest BCUT2D eigenvalue weighted by Gasteiger charge is -2.33. The molecule has 5 nitrogen and oxygen atoms in total. The van der Waals surface area contributed by atoms with E-state index in [-0.39, 0.29) is 5.41 Å². The van der Waals surface area contributed by atoms with Gasteiger partial charge in [0.1, 0.15) is 17.5 Å². The first-order valence-electron chi connectivity index (χ1n) is 7.51. The lowest BCUT2D eigenvalue weighted by atomic mass is 9.94. The number of anilines is 2. The molecule has 1 aliphatic carbocycles. The maximum absolute atomic E-state index is 5.55. The highest BCUT2D eigenvalue weighted by molar-refractivity contribution is 5.49. The summed E-state index contributed by atoms with van der Waals surface area (Å²) in [5.41, 5.74) is 2.57. The third kappa shape index (κ3) is 3.39. The summed E-state index contributed by atoms with van der Waals surface area (Å²) in [6.45, 7) is 6.35. The minimum atomic E-state index is -0.0883. The highest BCUT2D eigenvalue weighted by Crippen LogP contribution is 2.28. The van der Waals surface area contributed by atoms with E-state index in [1.54, 1.807) is 0 Å². The molecular weight excluding hydrogens is 250 g/mol. The van der Waals surface area contributed by atoms with E-state index < -0.39 is 0 Å². The Hall–Kier alpha value is -1.36. The maximum atomic E-state index is 5.55. The van der Waals surface area contributed by atoms with Gasteiger partial charge in [0.15, 0.2) is 0 Å². The van der Waals surface area contributed by atoms with Gasteiger partial charge in [0.2, 0.25) is 0 Å². The molecule has 1 fully saturated rings. The highest BCUT2D eigenvalue weighted by Gasteiger charge is 2.23. The quantitative estimate of drug-likeness (QED) is 0.657. The molecule has 1 aromatic rings. The standard InChI is InChI=1S/C15H27N5/c1-15(2,3)14-17-12(19-16)10-13(18-14)20(4)11-8-6-5-7-9-11/h10-11H,5-9,16H2,1-4H3,(H,17,18,19). The van der Waals surface area contributed by atoms with E-state index in [9.17, 15) is 0 Å². The Balaban J connectivity index is 2.29. The summed E-state index contributed by atoms with van der Waals surface area (Å²) in [4.78, 5) is 11.5. The van der Waals surface area contributed by atoms with Crippen molar-refractivity contribution in [2.75, 3.05) is 17.4 Å². The summed E-state index contributed by atoms with van der Waals surface area (Å²) >= 11 is 0. The van der Waals surface area contributed by atoms with Crippen molar-refractivity contribution < 1.29 is 0 Å². The molecule has 1 aliphatic rings. The molecular formula is C15H27N5. The Morgan fingerprint density at radius 2 is 1.85 bits per heavy atom. The molecule has 1 saturated carbocycles. The van der Waals surface area contributed by atoms with Crippen molar-refractivity contribution in [3.63, 3.8) is 0 Å². The second-order valence-electron chi connectivity index (χ2n) is 6.73. The van der Waals surface area contributed by atoms with Crippen molar-refractivity contribution >= 4 is 11.6 Å². The zero-order valence-corrected chi connectivity index (χ0v) is 13.1. The number of aromatic nitrogens is 2. The van der Waals surface area contributed by atoms with Crippen molar-refractivity contribution in [3.8, 4) is 0 Å². The van der Waals surface area contributed by atoms with Crippen LogP contribution in [0.1, 0.15) is 58.7 Å². The van der Waals surface area contributed by atoms with Crippen LogP contribution in [-0.4, -0.2) is 23.1 Å². The molecule has 0 aromatic carbocycles. The van der Waals surface area contributed by atoms with E-state index >= 15 is 0 Å². The molecule has 0 atom stereocenters. The van der Waals surface area contributed by atoms with Gasteiger partial charge >= 0.3 is 0 Å². The minimum absolute atomic E-state index is 0.0883. The van der Waals surface area contributed by atoms with Gasteiger partial charge in [-0.15, -0.1) is 0 Å². The smallest absolute Gasteiger partial charge is 0.145 e. The summed E-state index contributed by atoms with van der Waals surface area (Å²) in [5.74, 6) is 8.02. The van der Waals surface area contributed by atoms with E-state index in [0.29, 0.717) is 11.9 Å². The molecule has 2 rings (SSSR count). The topological polar surface area (TPSA) is 67.1 Å². The van der Waals surface area contributed by atoms with Crippen LogP contribution in [0, 0.1) is 0 Å². The van der Waals surface area contributed by atoms with Crippen molar-refractivity contribution in [2.45, 2.75) is 64.3 Å². The van der Waals surface area contributed by atoms with Gasteiger partial charge < -0.3 is 10.3 Å². The SMILES string of the molecule is CN(c1cc(NN)nc(C(C)(C)C)n1)C1CCCCC1. The van der Waals surface area contributed by atoms with Crippen LogP contribution >= 0.6 is 0 Å². The molecule has 112 valence electrons. The normalized spacial score (nSPS) is 17.1. The van der Waals surface area contributed by atoms with Crippen LogP contribution in [0.4, 0.5) is 11.6 Å². The van der Waals surface area contributed by atoms with Crippen LogP contribution in [0.25, 0.3) is 0 Å². The Kier molecular flexibility index (Phi) is 4.48. The molecule has 1 aromatic heterocycles. The number of hydrogen-bond donors (Lipinski definition) is 2. The first kappa shape index (κ1) is 15.0. The van der Waals surface area contributed by atoms with Gasteiger partial charge in [-0.2, -0.15) is 0 Å². The summed E-state index contributed by atoms with van der Waals surface area (Å²) < 4.78 is 0. The van der Waals surface area contributed by atoms with Gasteiger partial charge in [-0.1, -0.05) is 40.0 Å². The second-order valence-corrected chi connectivity index (χ2v) is 6.73. The predicted octanol–water partition coefficient (Wildman–Crippen LogP) is 2.83. The van der Waals surface area contributed by atoms with Gasteiger partial charge in [0, 0.05) is 24.6 Å². The Morgan fingerprint density at radius 3 is 2.40 bits per heavy atom. The number of rotatable bonds is 3. The number of hydrazine groups is 1. The number of nitrogens with two attached hydrogens (primary N) is 1. The van der Waals surface area contributed by atoms with E-state index in [1.165, 1.54) is 32.1 Å². The van der Waals surface area contributed by atoms with E-state index in [1.807, 2.05) is 6.07 Å². The van der Waals surface area contributed by atoms with Gasteiger partial charge in [0.25, 0.3) is 0 Å². The zero-order chi connectivity index (χ0) is 14.8. The highest BCUT2D eigenvalue weighted by atomic mass is 15.3. The fourth-order valence-electron chi connectivity index (χ4n) is 2.68. The Labute approximate surface area is 121 Å². The molecule has 20 heavy (non-hydrogen) atoms. The van der Waals surface area contributed by atoms with Crippen LogP contribution in [-0.2, 0) is 5.41 Å². The summed E-state index contributed by atoms with van der Waals surface area (Å²) in [6.07, 6.45) is 6.48. The number of hydrogen-bond acceptors (Lipinski definition) is 5. The fraction of sp³-hybridized carbons (Fsp3) is 0.733. The molecule has 5 heteroatoms. The van der Waals surface area contributed by atoms with Crippen molar-refractivity contribution in [1.82, 2.24) is 9.97 Å². The first-order valence-corrected chi connectivity index (χ1v) is 7.51. The number of nitrogens with one attached hydrogen (secondary N) is 1. The van der Waals surface area contributed by atoms with Crippen LogP contribution in [0.15, 0.2) is 6.07 Å². The average molecular weight is 277 g/mol. The van der Waals surface area contributed by atoms with Gasteiger partial charge in [-0.05, 0) is 12.8 Å². The summed E-state index contributed by atoms with van der Waals surface area (Å²) in [6, 6.07) is 2.52. The minimum Gasteiger partial charge on any atom is -0.357 e. The average Bonchev–Trinajstić information content (AvgIpc) is 2.46. The van der Waals surface area contributed by atoms with Crippen LogP contribution < -0.4 is 16.2 Å². The molecule has 0 bridgehead atoms. The van der Waals surface area contributed by atoms with Crippen LogP contribution in [0.2, 0.25) is 0 Å². The van der Waals surface area contributed by atoms with Crippen LogP contribution in [0.3, 0.4) is 0 Å². The second kappa shape index (κ2) is 5.95.